The molecule has 3 fully saturated rings. The molecule has 1 N–H and O–H groups in total. The van der Waals surface area contributed by atoms with Gasteiger partial charge < -0.3 is 19.9 Å². The molecule has 9 nitrogen and oxygen atoms in total. The minimum Gasteiger partial charge on any atom is -0.379 e. The Morgan fingerprint density at radius 3 is 2.55 bits per heavy atom. The highest BCUT2D eigenvalue weighted by molar-refractivity contribution is 5.97. The SMILES string of the molecule is O=C(C1CC(N(CCN2CCOCC2)Cc2ccc(F)cc2)CN1C(=O)c1cccnc1)N1CCNCC1. The van der Waals surface area contributed by atoms with E-state index in [1.807, 2.05) is 17.0 Å². The van der Waals surface area contributed by atoms with Gasteiger partial charge in [-0.05, 0) is 36.2 Å². The van der Waals surface area contributed by atoms with Crippen LogP contribution in [0.2, 0.25) is 0 Å². The van der Waals surface area contributed by atoms with E-state index in [0.717, 1.165) is 58.0 Å². The molecule has 0 aliphatic carbocycles. The van der Waals surface area contributed by atoms with E-state index < -0.39 is 6.04 Å². The fraction of sp³-hybridized carbons (Fsp3) is 0.536. The summed E-state index contributed by atoms with van der Waals surface area (Å²) in [5, 5.41) is 3.29. The number of ether oxygens (including phenoxy) is 1. The third-order valence-corrected chi connectivity index (χ3v) is 7.78. The maximum Gasteiger partial charge on any atom is 0.256 e. The second kappa shape index (κ2) is 12.8. The van der Waals surface area contributed by atoms with Gasteiger partial charge in [-0.1, -0.05) is 12.1 Å². The highest BCUT2D eigenvalue weighted by atomic mass is 19.1. The first-order valence-electron chi connectivity index (χ1n) is 13.6. The molecule has 0 radical (unpaired) electrons. The van der Waals surface area contributed by atoms with Crippen LogP contribution in [0.4, 0.5) is 4.39 Å². The largest absolute Gasteiger partial charge is 0.379 e. The van der Waals surface area contributed by atoms with Gasteiger partial charge in [0.05, 0.1) is 18.8 Å². The molecule has 0 saturated carbocycles. The second-order valence-corrected chi connectivity index (χ2v) is 10.2. The second-order valence-electron chi connectivity index (χ2n) is 10.2. The molecule has 0 bridgehead atoms. The molecule has 3 aliphatic rings. The number of carbonyl (C=O) groups is 2. The molecule has 3 saturated heterocycles. The summed E-state index contributed by atoms with van der Waals surface area (Å²) in [6, 6.07) is 9.57. The Labute approximate surface area is 223 Å². The zero-order chi connectivity index (χ0) is 26.3. The van der Waals surface area contributed by atoms with Gasteiger partial charge in [0.2, 0.25) is 5.91 Å². The minimum atomic E-state index is -0.523. The van der Waals surface area contributed by atoms with Crippen LogP contribution in [-0.4, -0.2) is 121 Å². The van der Waals surface area contributed by atoms with Gasteiger partial charge in [-0.15, -0.1) is 0 Å². The van der Waals surface area contributed by atoms with Crippen molar-refractivity contribution in [2.45, 2.75) is 25.0 Å². The van der Waals surface area contributed by atoms with Gasteiger partial charge in [-0.3, -0.25) is 24.4 Å². The summed E-state index contributed by atoms with van der Waals surface area (Å²) in [5.74, 6) is -0.408. The Balaban J connectivity index is 1.37. The van der Waals surface area contributed by atoms with Crippen molar-refractivity contribution in [1.29, 1.82) is 0 Å². The van der Waals surface area contributed by atoms with Gasteiger partial charge in [-0.25, -0.2) is 4.39 Å². The number of carbonyl (C=O) groups excluding carboxylic acids is 2. The zero-order valence-corrected chi connectivity index (χ0v) is 21.8. The van der Waals surface area contributed by atoms with E-state index in [2.05, 4.69) is 20.1 Å². The summed E-state index contributed by atoms with van der Waals surface area (Å²) >= 11 is 0. The van der Waals surface area contributed by atoms with E-state index in [0.29, 0.717) is 38.2 Å². The molecule has 38 heavy (non-hydrogen) atoms. The van der Waals surface area contributed by atoms with Crippen LogP contribution in [0.3, 0.4) is 0 Å². The molecule has 3 aliphatic heterocycles. The average molecular weight is 525 g/mol. The zero-order valence-electron chi connectivity index (χ0n) is 21.8. The smallest absolute Gasteiger partial charge is 0.256 e. The van der Waals surface area contributed by atoms with Gasteiger partial charge in [-0.2, -0.15) is 0 Å². The number of piperazine rings is 1. The van der Waals surface area contributed by atoms with Crippen molar-refractivity contribution in [3.63, 3.8) is 0 Å². The third-order valence-electron chi connectivity index (χ3n) is 7.78. The predicted molar refractivity (Wildman–Crippen MR) is 141 cm³/mol. The number of nitrogens with one attached hydrogen (secondary N) is 1. The van der Waals surface area contributed by atoms with Crippen molar-refractivity contribution in [1.82, 2.24) is 29.9 Å². The number of amides is 2. The van der Waals surface area contributed by atoms with Crippen molar-refractivity contribution in [2.24, 2.45) is 0 Å². The van der Waals surface area contributed by atoms with Crippen LogP contribution in [0.25, 0.3) is 0 Å². The van der Waals surface area contributed by atoms with Gasteiger partial charge >= 0.3 is 0 Å². The maximum absolute atomic E-state index is 13.7. The van der Waals surface area contributed by atoms with Crippen LogP contribution in [-0.2, 0) is 16.1 Å². The first-order valence-corrected chi connectivity index (χ1v) is 13.6. The summed E-state index contributed by atoms with van der Waals surface area (Å²) in [5.41, 5.74) is 1.50. The summed E-state index contributed by atoms with van der Waals surface area (Å²) in [6.45, 7) is 8.79. The summed E-state index contributed by atoms with van der Waals surface area (Å²) in [4.78, 5) is 39.9. The molecule has 4 heterocycles. The van der Waals surface area contributed by atoms with Gasteiger partial charge in [0.15, 0.2) is 0 Å². The number of morpholine rings is 1. The van der Waals surface area contributed by atoms with Crippen LogP contribution >= 0.6 is 0 Å². The molecule has 2 atom stereocenters. The van der Waals surface area contributed by atoms with Gasteiger partial charge in [0.1, 0.15) is 11.9 Å². The average Bonchev–Trinajstić information content (AvgIpc) is 3.42. The molecule has 5 rings (SSSR count). The molecular formula is C28H37FN6O3. The highest BCUT2D eigenvalue weighted by Gasteiger charge is 2.43. The summed E-state index contributed by atoms with van der Waals surface area (Å²) in [6.07, 6.45) is 3.78. The molecule has 0 spiro atoms. The van der Waals surface area contributed by atoms with Crippen LogP contribution < -0.4 is 5.32 Å². The fourth-order valence-electron chi connectivity index (χ4n) is 5.60. The first kappa shape index (κ1) is 26.7. The van der Waals surface area contributed by atoms with E-state index in [9.17, 15) is 14.0 Å². The number of hydrogen-bond donors (Lipinski definition) is 1. The van der Waals surface area contributed by atoms with Crippen LogP contribution in [0.5, 0.6) is 0 Å². The minimum absolute atomic E-state index is 0.00131. The molecule has 2 unspecified atom stereocenters. The number of likely N-dealkylation sites (tertiary alicyclic amines) is 1. The number of pyridine rings is 1. The lowest BCUT2D eigenvalue weighted by Crippen LogP contribution is -2.53. The van der Waals surface area contributed by atoms with Gasteiger partial charge in [0, 0.05) is 83.9 Å². The number of benzene rings is 1. The Hall–Kier alpha value is -2.92. The Kier molecular flexibility index (Phi) is 8.95. The normalized spacial score (nSPS) is 22.7. The molecule has 1 aromatic heterocycles. The van der Waals surface area contributed by atoms with Crippen molar-refractivity contribution in [3.05, 3.63) is 65.7 Å². The summed E-state index contributed by atoms with van der Waals surface area (Å²) < 4.78 is 19.1. The predicted octanol–water partition coefficient (Wildman–Crippen LogP) is 1.07. The maximum atomic E-state index is 13.7. The number of aromatic nitrogens is 1. The number of hydrogen-bond acceptors (Lipinski definition) is 7. The Morgan fingerprint density at radius 2 is 1.84 bits per heavy atom. The van der Waals surface area contributed by atoms with Crippen LogP contribution in [0, 0.1) is 5.82 Å². The topological polar surface area (TPSA) is 81.2 Å². The lowest BCUT2D eigenvalue weighted by Gasteiger charge is -2.33. The molecule has 2 aromatic rings. The van der Waals surface area contributed by atoms with Gasteiger partial charge in [0.25, 0.3) is 5.91 Å². The van der Waals surface area contributed by atoms with Crippen molar-refractivity contribution in [3.8, 4) is 0 Å². The lowest BCUT2D eigenvalue weighted by molar-refractivity contribution is -0.135. The number of halogens is 1. The molecule has 2 amide bonds. The third kappa shape index (κ3) is 6.55. The van der Waals surface area contributed by atoms with Crippen molar-refractivity contribution < 1.29 is 18.7 Å². The first-order chi connectivity index (χ1) is 18.6. The van der Waals surface area contributed by atoms with E-state index >= 15 is 0 Å². The van der Waals surface area contributed by atoms with Crippen molar-refractivity contribution >= 4 is 11.8 Å². The molecular weight excluding hydrogens is 487 g/mol. The summed E-state index contributed by atoms with van der Waals surface area (Å²) in [7, 11) is 0. The van der Waals surface area contributed by atoms with Crippen molar-refractivity contribution in [2.75, 3.05) is 72.1 Å². The standard InChI is InChI=1S/C28H37FN6O3/c29-24-5-3-22(4-6-24)20-34(13-12-32-14-16-38-17-15-32)25-18-26(28(37)33-10-8-30-9-11-33)35(21-25)27(36)23-2-1-7-31-19-23/h1-7,19,25-26,30H,8-18,20-21H2. The molecule has 10 heteroatoms. The molecule has 204 valence electrons. The highest BCUT2D eigenvalue weighted by Crippen LogP contribution is 2.27. The van der Waals surface area contributed by atoms with Crippen LogP contribution in [0.15, 0.2) is 48.8 Å². The van der Waals surface area contributed by atoms with E-state index in [1.54, 1.807) is 29.4 Å². The number of nitrogens with zero attached hydrogens (tertiary/aromatic N) is 5. The lowest BCUT2D eigenvalue weighted by atomic mass is 10.1. The number of rotatable bonds is 8. The fourth-order valence-corrected chi connectivity index (χ4v) is 5.60. The quantitative estimate of drug-likeness (QED) is 0.553. The van der Waals surface area contributed by atoms with E-state index in [4.69, 9.17) is 4.74 Å². The monoisotopic (exact) mass is 524 g/mol. The van der Waals surface area contributed by atoms with Crippen LogP contribution in [0.1, 0.15) is 22.3 Å². The van der Waals surface area contributed by atoms with E-state index in [1.165, 1.54) is 12.1 Å². The Morgan fingerprint density at radius 1 is 1.08 bits per heavy atom. The Bertz CT molecular complexity index is 1060. The van der Waals surface area contributed by atoms with E-state index in [-0.39, 0.29) is 23.7 Å². The molecule has 1 aromatic carbocycles.